The lowest BCUT2D eigenvalue weighted by Crippen LogP contribution is -2.43. The first-order valence-electron chi connectivity index (χ1n) is 7.78. The van der Waals surface area contributed by atoms with Gasteiger partial charge in [-0.25, -0.2) is 4.99 Å². The maximum Gasteiger partial charge on any atom is 0.270 e. The number of hydrogen-bond donors (Lipinski definition) is 2. The van der Waals surface area contributed by atoms with E-state index in [4.69, 9.17) is 0 Å². The summed E-state index contributed by atoms with van der Waals surface area (Å²) in [6.07, 6.45) is 2.94. The lowest BCUT2D eigenvalue weighted by atomic mass is 9.64. The summed E-state index contributed by atoms with van der Waals surface area (Å²) >= 11 is 0. The number of rotatable bonds is 1. The molecule has 118 valence electrons. The van der Waals surface area contributed by atoms with Crippen molar-refractivity contribution in [2.75, 3.05) is 0 Å². The normalized spacial score (nSPS) is 25.5. The monoisotopic (exact) mass is 310 g/mol. The van der Waals surface area contributed by atoms with Crippen LogP contribution in [0.1, 0.15) is 43.9 Å². The molecule has 1 fully saturated rings. The van der Waals surface area contributed by atoms with E-state index in [9.17, 15) is 9.59 Å². The molecule has 23 heavy (non-hydrogen) atoms. The molecule has 2 aliphatic rings. The van der Waals surface area contributed by atoms with Gasteiger partial charge in [0.25, 0.3) is 5.56 Å². The van der Waals surface area contributed by atoms with Crippen molar-refractivity contribution in [2.45, 2.75) is 32.6 Å². The molecule has 0 bridgehead atoms. The second-order valence-corrected chi connectivity index (χ2v) is 7.14. The largest absolute Gasteiger partial charge is 0.299 e. The lowest BCUT2D eigenvalue weighted by Gasteiger charge is -2.39. The zero-order valence-corrected chi connectivity index (χ0v) is 13.1. The summed E-state index contributed by atoms with van der Waals surface area (Å²) in [6.45, 7) is 4.16. The van der Waals surface area contributed by atoms with E-state index in [-0.39, 0.29) is 28.6 Å². The van der Waals surface area contributed by atoms with Crippen LogP contribution in [0.4, 0.5) is 5.82 Å². The number of aliphatic imine (C=N–C) groups is 1. The van der Waals surface area contributed by atoms with Crippen molar-refractivity contribution in [3.63, 3.8) is 0 Å². The molecule has 1 aliphatic heterocycles. The number of aromatic nitrogens is 3. The van der Waals surface area contributed by atoms with Crippen molar-refractivity contribution in [1.82, 2.24) is 15.2 Å². The quantitative estimate of drug-likeness (QED) is 0.847. The van der Waals surface area contributed by atoms with Crippen LogP contribution in [0.5, 0.6) is 0 Å². The maximum atomic E-state index is 12.8. The molecule has 1 aliphatic carbocycles. The molecule has 6 heteroatoms. The van der Waals surface area contributed by atoms with E-state index in [1.165, 1.54) is 0 Å². The predicted octanol–water partition coefficient (Wildman–Crippen LogP) is 2.32. The van der Waals surface area contributed by atoms with E-state index in [0.717, 1.165) is 17.8 Å². The second-order valence-electron chi connectivity index (χ2n) is 7.14. The molecule has 4 rings (SSSR count). The van der Waals surface area contributed by atoms with Crippen LogP contribution in [0.25, 0.3) is 0 Å². The van der Waals surface area contributed by atoms with Gasteiger partial charge in [0.2, 0.25) is 0 Å². The molecule has 2 N–H and O–H groups in total. The second kappa shape index (κ2) is 4.75. The van der Waals surface area contributed by atoms with Crippen LogP contribution in [-0.4, -0.2) is 26.7 Å². The number of nitrogens with zero attached hydrogens (tertiary/aromatic N) is 2. The van der Waals surface area contributed by atoms with E-state index in [1.807, 2.05) is 18.2 Å². The third-order valence-corrected chi connectivity index (χ3v) is 4.72. The highest BCUT2D eigenvalue weighted by atomic mass is 16.1. The summed E-state index contributed by atoms with van der Waals surface area (Å²) < 4.78 is 0. The number of Topliss-reactive ketones (excluding diaryl/α,β-unsaturated/α-hetero) is 1. The van der Waals surface area contributed by atoms with Crippen molar-refractivity contribution >= 4 is 17.3 Å². The van der Waals surface area contributed by atoms with Crippen LogP contribution in [-0.2, 0) is 4.79 Å². The first-order valence-corrected chi connectivity index (χ1v) is 7.78. The molecule has 0 aromatic carbocycles. The van der Waals surface area contributed by atoms with Crippen molar-refractivity contribution in [3.05, 3.63) is 46.0 Å². The Balaban J connectivity index is 1.94. The Labute approximate surface area is 133 Å². The number of fused-ring (bicyclic) bond motifs is 2. The highest BCUT2D eigenvalue weighted by Gasteiger charge is 2.47. The summed E-state index contributed by atoms with van der Waals surface area (Å²) in [6, 6.07) is 5.58. The summed E-state index contributed by atoms with van der Waals surface area (Å²) in [7, 11) is 0. The minimum Gasteiger partial charge on any atom is -0.299 e. The average Bonchev–Trinajstić information content (AvgIpc) is 2.86. The third-order valence-electron chi connectivity index (χ3n) is 4.72. The molecule has 6 nitrogen and oxygen atoms in total. The summed E-state index contributed by atoms with van der Waals surface area (Å²) in [5.74, 6) is -0.0797. The molecular weight excluding hydrogens is 292 g/mol. The van der Waals surface area contributed by atoms with Gasteiger partial charge in [0, 0.05) is 24.0 Å². The Morgan fingerprint density at radius 3 is 2.70 bits per heavy atom. The first-order chi connectivity index (χ1) is 11.0. The Morgan fingerprint density at radius 1 is 1.13 bits per heavy atom. The zero-order chi connectivity index (χ0) is 16.2. The van der Waals surface area contributed by atoms with Crippen molar-refractivity contribution in [3.8, 4) is 0 Å². The van der Waals surface area contributed by atoms with Gasteiger partial charge in [0.05, 0.1) is 17.4 Å². The van der Waals surface area contributed by atoms with Gasteiger partial charge < -0.3 is 0 Å². The van der Waals surface area contributed by atoms with Gasteiger partial charge in [-0.3, -0.25) is 24.8 Å². The summed E-state index contributed by atoms with van der Waals surface area (Å²) in [4.78, 5) is 34.1. The molecule has 0 amide bonds. The molecule has 0 saturated heterocycles. The van der Waals surface area contributed by atoms with Gasteiger partial charge >= 0.3 is 0 Å². The number of hydrogen-bond acceptors (Lipinski definition) is 4. The van der Waals surface area contributed by atoms with Crippen molar-refractivity contribution < 1.29 is 4.79 Å². The molecule has 2 unspecified atom stereocenters. The van der Waals surface area contributed by atoms with Gasteiger partial charge in [-0.05, 0) is 24.0 Å². The third kappa shape index (κ3) is 2.17. The van der Waals surface area contributed by atoms with Crippen LogP contribution in [0.2, 0.25) is 0 Å². The molecule has 2 aromatic rings. The molecule has 1 saturated carbocycles. The lowest BCUT2D eigenvalue weighted by molar-refractivity contribution is -0.124. The van der Waals surface area contributed by atoms with E-state index >= 15 is 0 Å². The zero-order valence-electron chi connectivity index (χ0n) is 13.1. The summed E-state index contributed by atoms with van der Waals surface area (Å²) in [5, 5.41) is 5.43. The fourth-order valence-electron chi connectivity index (χ4n) is 3.84. The molecule has 3 heterocycles. The Morgan fingerprint density at radius 2 is 1.96 bits per heavy atom. The number of H-pyrrole nitrogens is 2. The standard InChI is InChI=1S/C17H18N4O2/c1-17(2)7-10-12(11(22)8-17)13(9-5-3-4-6-18-9)14-15(19-10)20-21-16(14)23/h3-6,12-13H,7-8H2,1-2H3,(H2,20,21,23). The molecular formula is C17H18N4O2. The van der Waals surface area contributed by atoms with E-state index in [2.05, 4.69) is 34.0 Å². The number of aromatic amines is 2. The predicted molar refractivity (Wildman–Crippen MR) is 86.1 cm³/mol. The van der Waals surface area contributed by atoms with Gasteiger partial charge in [-0.2, -0.15) is 0 Å². The van der Waals surface area contributed by atoms with Crippen LogP contribution in [0.3, 0.4) is 0 Å². The van der Waals surface area contributed by atoms with E-state index in [1.54, 1.807) is 6.20 Å². The fourth-order valence-corrected chi connectivity index (χ4v) is 3.84. The number of pyridine rings is 1. The summed E-state index contributed by atoms with van der Waals surface area (Å²) in [5.41, 5.74) is 1.78. The average molecular weight is 310 g/mol. The van der Waals surface area contributed by atoms with Gasteiger partial charge in [0.15, 0.2) is 5.82 Å². The van der Waals surface area contributed by atoms with Crippen LogP contribution >= 0.6 is 0 Å². The van der Waals surface area contributed by atoms with Crippen molar-refractivity contribution in [1.29, 1.82) is 0 Å². The SMILES string of the molecule is CC1(C)CC(=O)C2C(=Nc3[nH][nH]c(=O)c3C2c2ccccn2)C1. The van der Waals surface area contributed by atoms with Crippen LogP contribution in [0, 0.1) is 11.3 Å². The van der Waals surface area contributed by atoms with Crippen LogP contribution in [0.15, 0.2) is 34.2 Å². The number of nitrogens with one attached hydrogen (secondary N) is 2. The highest BCUT2D eigenvalue weighted by Crippen LogP contribution is 2.46. The van der Waals surface area contributed by atoms with Gasteiger partial charge in [-0.15, -0.1) is 0 Å². The van der Waals surface area contributed by atoms with E-state index < -0.39 is 0 Å². The number of ketones is 1. The maximum absolute atomic E-state index is 12.8. The smallest absolute Gasteiger partial charge is 0.270 e. The topological polar surface area (TPSA) is 91.0 Å². The Kier molecular flexibility index (Phi) is 2.91. The minimum atomic E-state index is -0.387. The minimum absolute atomic E-state index is 0.102. The molecule has 2 aromatic heterocycles. The van der Waals surface area contributed by atoms with Crippen molar-refractivity contribution in [2.24, 2.45) is 16.3 Å². The Hall–Kier alpha value is -2.50. The molecule has 2 atom stereocenters. The Bertz CT molecular complexity index is 860. The highest BCUT2D eigenvalue weighted by molar-refractivity contribution is 6.10. The van der Waals surface area contributed by atoms with E-state index in [0.29, 0.717) is 17.8 Å². The van der Waals surface area contributed by atoms with Gasteiger partial charge in [0.1, 0.15) is 5.78 Å². The number of carbonyl (C=O) groups excluding carboxylic acids is 1. The fraction of sp³-hybridized carbons (Fsp3) is 0.412. The van der Waals surface area contributed by atoms with Gasteiger partial charge in [-0.1, -0.05) is 19.9 Å². The first kappa shape index (κ1) is 14.1. The molecule has 0 radical (unpaired) electrons. The number of carbonyl (C=O) groups is 1. The molecule has 0 spiro atoms. The van der Waals surface area contributed by atoms with Crippen LogP contribution < -0.4 is 5.56 Å².